The highest BCUT2D eigenvalue weighted by Crippen LogP contribution is 2.40. The number of hydrogen-bond donors (Lipinski definition) is 1. The molecule has 0 radical (unpaired) electrons. The van der Waals surface area contributed by atoms with Crippen LogP contribution in [0.5, 0.6) is 5.75 Å². The Bertz CT molecular complexity index is 1230. The Morgan fingerprint density at radius 2 is 1.88 bits per heavy atom. The predicted octanol–water partition coefficient (Wildman–Crippen LogP) is 5.22. The van der Waals surface area contributed by atoms with Gasteiger partial charge in [0.25, 0.3) is 11.7 Å². The van der Waals surface area contributed by atoms with Crippen LogP contribution in [0.25, 0.3) is 5.76 Å². The molecule has 1 amide bonds. The fourth-order valence-electron chi connectivity index (χ4n) is 4.24. The molecule has 34 heavy (non-hydrogen) atoms. The highest BCUT2D eigenvalue weighted by molar-refractivity contribution is 6.46. The fraction of sp³-hybridized carbons (Fsp3) is 0.259. The van der Waals surface area contributed by atoms with E-state index in [1.54, 1.807) is 49.6 Å². The van der Waals surface area contributed by atoms with E-state index in [2.05, 4.69) is 0 Å². The zero-order valence-corrected chi connectivity index (χ0v) is 19.2. The average molecular weight is 464 g/mol. The van der Waals surface area contributed by atoms with Gasteiger partial charge in [0.1, 0.15) is 29.1 Å². The Hall–Kier alpha value is -3.87. The van der Waals surface area contributed by atoms with Crippen molar-refractivity contribution in [3.63, 3.8) is 0 Å². The highest BCUT2D eigenvalue weighted by Gasteiger charge is 2.47. The van der Waals surface area contributed by atoms with Crippen LogP contribution in [0.4, 0.5) is 4.39 Å². The van der Waals surface area contributed by atoms with Crippen molar-refractivity contribution in [2.45, 2.75) is 32.2 Å². The van der Waals surface area contributed by atoms with E-state index in [0.29, 0.717) is 23.5 Å². The highest BCUT2D eigenvalue weighted by atomic mass is 19.1. The van der Waals surface area contributed by atoms with Crippen molar-refractivity contribution in [1.29, 1.82) is 0 Å². The number of ether oxygens (including phenoxy) is 1. The third-order valence-corrected chi connectivity index (χ3v) is 6.03. The maximum absolute atomic E-state index is 13.3. The molecule has 1 N–H and O–H groups in total. The Balaban J connectivity index is 1.75. The lowest BCUT2D eigenvalue weighted by Gasteiger charge is -2.23. The van der Waals surface area contributed by atoms with Gasteiger partial charge >= 0.3 is 0 Å². The summed E-state index contributed by atoms with van der Waals surface area (Å²) in [4.78, 5) is 27.5. The van der Waals surface area contributed by atoms with Gasteiger partial charge in [-0.15, -0.1) is 0 Å². The molecule has 0 saturated carbocycles. The zero-order valence-electron chi connectivity index (χ0n) is 19.2. The molecular formula is C27H26FNO5. The zero-order chi connectivity index (χ0) is 24.4. The van der Waals surface area contributed by atoms with Crippen molar-refractivity contribution in [2.24, 2.45) is 0 Å². The first-order chi connectivity index (χ1) is 16.3. The number of benzene rings is 2. The number of methoxy groups -OCH3 is 1. The summed E-state index contributed by atoms with van der Waals surface area (Å²) in [6.45, 7) is 4.19. The van der Waals surface area contributed by atoms with Gasteiger partial charge in [-0.2, -0.15) is 0 Å². The normalized spacial score (nSPS) is 17.6. The van der Waals surface area contributed by atoms with Crippen LogP contribution in [-0.4, -0.2) is 35.4 Å². The van der Waals surface area contributed by atoms with Gasteiger partial charge in [0.05, 0.1) is 18.9 Å². The number of carbonyl (C=O) groups excluding carboxylic acids is 2. The molecule has 0 aliphatic carbocycles. The van der Waals surface area contributed by atoms with E-state index in [1.807, 2.05) is 13.8 Å². The SMILES string of the molecule is COc1ccc(/C(O)=C2/C(=O)C(=O)N(CCc3ccc(F)cc3)C2c2ccco2)cc1C(C)C. The second-order valence-corrected chi connectivity index (χ2v) is 8.50. The summed E-state index contributed by atoms with van der Waals surface area (Å²) in [5.41, 5.74) is 2.07. The molecule has 1 aliphatic rings. The van der Waals surface area contributed by atoms with Crippen molar-refractivity contribution < 1.29 is 28.2 Å². The van der Waals surface area contributed by atoms with Crippen LogP contribution in [-0.2, 0) is 16.0 Å². The van der Waals surface area contributed by atoms with Crippen LogP contribution < -0.4 is 4.74 Å². The number of aliphatic hydroxyl groups excluding tert-OH is 1. The molecule has 1 aromatic heterocycles. The van der Waals surface area contributed by atoms with Gasteiger partial charge in [-0.05, 0) is 65.9 Å². The minimum atomic E-state index is -0.875. The summed E-state index contributed by atoms with van der Waals surface area (Å²) in [5, 5.41) is 11.2. The molecule has 2 heterocycles. The number of amides is 1. The molecule has 7 heteroatoms. The fourth-order valence-corrected chi connectivity index (χ4v) is 4.24. The first-order valence-corrected chi connectivity index (χ1v) is 11.1. The second kappa shape index (κ2) is 9.55. The molecule has 3 aromatic rings. The van der Waals surface area contributed by atoms with Crippen molar-refractivity contribution in [2.75, 3.05) is 13.7 Å². The van der Waals surface area contributed by atoms with Crippen LogP contribution >= 0.6 is 0 Å². The number of carbonyl (C=O) groups is 2. The molecule has 176 valence electrons. The van der Waals surface area contributed by atoms with E-state index in [0.717, 1.165) is 11.1 Å². The van der Waals surface area contributed by atoms with Gasteiger partial charge in [0.2, 0.25) is 0 Å². The van der Waals surface area contributed by atoms with Crippen molar-refractivity contribution in [1.82, 2.24) is 4.90 Å². The van der Waals surface area contributed by atoms with Crippen LogP contribution in [0, 0.1) is 5.82 Å². The van der Waals surface area contributed by atoms with Gasteiger partial charge in [-0.1, -0.05) is 26.0 Å². The number of aliphatic hydroxyl groups is 1. The first-order valence-electron chi connectivity index (χ1n) is 11.1. The molecule has 1 saturated heterocycles. The Kier molecular flexibility index (Phi) is 6.54. The molecule has 1 aliphatic heterocycles. The van der Waals surface area contributed by atoms with Gasteiger partial charge in [0, 0.05) is 12.1 Å². The molecule has 1 atom stereocenters. The van der Waals surface area contributed by atoms with Crippen LogP contribution in [0.3, 0.4) is 0 Å². The second-order valence-electron chi connectivity index (χ2n) is 8.50. The van der Waals surface area contributed by atoms with E-state index >= 15 is 0 Å². The summed E-state index contributed by atoms with van der Waals surface area (Å²) in [7, 11) is 1.57. The number of halogens is 1. The van der Waals surface area contributed by atoms with Gasteiger partial charge in [0.15, 0.2) is 0 Å². The van der Waals surface area contributed by atoms with E-state index in [4.69, 9.17) is 9.15 Å². The Morgan fingerprint density at radius 1 is 1.15 bits per heavy atom. The van der Waals surface area contributed by atoms with Crippen molar-refractivity contribution in [3.05, 3.63) is 94.7 Å². The van der Waals surface area contributed by atoms with E-state index in [9.17, 15) is 19.1 Å². The Labute approximate surface area is 197 Å². The lowest BCUT2D eigenvalue weighted by atomic mass is 9.95. The standard InChI is InChI=1S/C27H26FNO5/c1-16(2)20-15-18(8-11-21(20)33-3)25(30)23-24(22-5-4-14-34-22)29(27(32)26(23)31)13-12-17-6-9-19(28)10-7-17/h4-11,14-16,24,30H,12-13H2,1-3H3/b25-23-. The topological polar surface area (TPSA) is 80.0 Å². The molecule has 1 unspecified atom stereocenters. The lowest BCUT2D eigenvalue weighted by Crippen LogP contribution is -2.31. The van der Waals surface area contributed by atoms with Crippen LogP contribution in [0.1, 0.15) is 48.3 Å². The van der Waals surface area contributed by atoms with Crippen molar-refractivity contribution in [3.8, 4) is 5.75 Å². The van der Waals surface area contributed by atoms with Crippen molar-refractivity contribution >= 4 is 17.4 Å². The predicted molar refractivity (Wildman–Crippen MR) is 125 cm³/mol. The lowest BCUT2D eigenvalue weighted by molar-refractivity contribution is -0.140. The van der Waals surface area contributed by atoms with E-state index < -0.39 is 17.7 Å². The molecule has 4 rings (SSSR count). The summed E-state index contributed by atoms with van der Waals surface area (Å²) in [5.74, 6) is -0.954. The molecule has 1 fully saturated rings. The third-order valence-electron chi connectivity index (χ3n) is 6.03. The van der Waals surface area contributed by atoms with Crippen LogP contribution in [0.15, 0.2) is 70.9 Å². The summed E-state index contributed by atoms with van der Waals surface area (Å²) in [6, 6.07) is 13.6. The summed E-state index contributed by atoms with van der Waals surface area (Å²) >= 11 is 0. The summed E-state index contributed by atoms with van der Waals surface area (Å²) < 4.78 is 24.2. The number of furan rings is 1. The smallest absolute Gasteiger partial charge is 0.295 e. The molecule has 0 bridgehead atoms. The first kappa shape index (κ1) is 23.3. The Morgan fingerprint density at radius 3 is 2.50 bits per heavy atom. The number of hydrogen-bond acceptors (Lipinski definition) is 5. The molecule has 2 aromatic carbocycles. The largest absolute Gasteiger partial charge is 0.507 e. The minimum Gasteiger partial charge on any atom is -0.507 e. The number of Topliss-reactive ketones (excluding diaryl/α,β-unsaturated/α-hetero) is 1. The van der Waals surface area contributed by atoms with E-state index in [1.165, 1.54) is 23.3 Å². The number of rotatable bonds is 7. The quantitative estimate of drug-likeness (QED) is 0.295. The third kappa shape index (κ3) is 4.33. The molecule has 0 spiro atoms. The number of nitrogens with zero attached hydrogens (tertiary/aromatic N) is 1. The van der Waals surface area contributed by atoms with Gasteiger partial charge < -0.3 is 19.2 Å². The minimum absolute atomic E-state index is 0.0288. The maximum atomic E-state index is 13.3. The van der Waals surface area contributed by atoms with E-state index in [-0.39, 0.29) is 29.6 Å². The number of ketones is 1. The monoisotopic (exact) mass is 463 g/mol. The number of likely N-dealkylation sites (tertiary alicyclic amines) is 1. The van der Waals surface area contributed by atoms with Gasteiger partial charge in [-0.3, -0.25) is 9.59 Å². The van der Waals surface area contributed by atoms with Crippen LogP contribution in [0.2, 0.25) is 0 Å². The average Bonchev–Trinajstić information content (AvgIpc) is 3.45. The maximum Gasteiger partial charge on any atom is 0.295 e. The summed E-state index contributed by atoms with van der Waals surface area (Å²) in [6.07, 6.45) is 1.87. The molecule has 6 nitrogen and oxygen atoms in total. The van der Waals surface area contributed by atoms with Gasteiger partial charge in [-0.25, -0.2) is 4.39 Å². The molecular weight excluding hydrogens is 437 g/mol.